The zero-order valence-corrected chi connectivity index (χ0v) is 71.2. The van der Waals surface area contributed by atoms with Crippen LogP contribution in [0.15, 0.2) is 102 Å². The van der Waals surface area contributed by atoms with Gasteiger partial charge < -0.3 is 122 Å². The number of sulfonamides is 1. The van der Waals surface area contributed by atoms with Gasteiger partial charge in [-0.3, -0.25) is 33.6 Å². The van der Waals surface area contributed by atoms with E-state index >= 15 is 24.0 Å². The van der Waals surface area contributed by atoms with E-state index in [1.165, 1.54) is 44.2 Å². The molecule has 0 radical (unpaired) electrons. The van der Waals surface area contributed by atoms with E-state index in [2.05, 4.69) is 38.2 Å². The maximum absolute atomic E-state index is 16.5. The van der Waals surface area contributed by atoms with Crippen molar-refractivity contribution >= 4 is 80.3 Å². The third-order valence-corrected chi connectivity index (χ3v) is 24.7. The number of unbranched alkanes of at least 4 members (excludes halogenated alkanes) is 4. The van der Waals surface area contributed by atoms with Gasteiger partial charge >= 0.3 is 5.97 Å². The van der Waals surface area contributed by atoms with E-state index < -0.39 is 259 Å². The van der Waals surface area contributed by atoms with Gasteiger partial charge in [0.25, 0.3) is 0 Å². The highest BCUT2D eigenvalue weighted by Gasteiger charge is 2.52. The molecular formula is C86H106Cl2N8O27S. The van der Waals surface area contributed by atoms with Crippen molar-refractivity contribution in [1.82, 2.24) is 31.3 Å². The summed E-state index contributed by atoms with van der Waals surface area (Å²) < 4.78 is 73.4. The maximum atomic E-state index is 16.5. The van der Waals surface area contributed by atoms with Gasteiger partial charge in [0.15, 0.2) is 41.5 Å². The number of primary amides is 1. The number of phenols is 3. The number of aliphatic carboxylic acids is 1. The molecule has 6 aromatic rings. The smallest absolute Gasteiger partial charge is 0.330 e. The fraction of sp³-hybridized carbons (Fsp3) is 0.488. The minimum absolute atomic E-state index is 0.0359. The molecule has 7 heterocycles. The summed E-state index contributed by atoms with van der Waals surface area (Å²) in [7, 11) is -3.90. The van der Waals surface area contributed by atoms with Crippen molar-refractivity contribution in [3.05, 3.63) is 140 Å². The number of fused-ring (bicyclic) bond motifs is 15. The van der Waals surface area contributed by atoms with Gasteiger partial charge in [0, 0.05) is 66.9 Å². The summed E-state index contributed by atoms with van der Waals surface area (Å²) >= 11 is 14.3. The Morgan fingerprint density at radius 2 is 1.37 bits per heavy atom. The number of carboxylic acid groups (broad SMARTS) is 1. The monoisotopic (exact) mass is 1780 g/mol. The van der Waals surface area contributed by atoms with Crippen LogP contribution in [0.2, 0.25) is 10.0 Å². The SMILES string of the molecule is CCCCCOc1ccc(S(=O)(=O)NCCCCCNCc2c(O)cc3c(c2O)-c2cc(ccc2O)[C@H]2CC(=O)[C@@H]4NC(=O)[C@H](CC(N)=O)CC(=O)[C@H](NC(=O)[C@H](CC)CC(C)C)[C@H](O)c5ccc(c(Cl)c5)Oc5cc4cc(c5O[C@@H]4O[C@H](CO)[C@@H](O)[C@H](O)[C@H]4O[C@H]4C[C@](C)(N)[C@H](O)[C@H](C)O4)Oc4ccc(cc4Cl)[C@@H](O)[C@H](NC2=O)C(=O)N[C@@H]3C(=O)O)cc1. The summed E-state index contributed by atoms with van der Waals surface area (Å²) in [6.45, 7) is 9.95. The number of ether oxygens (including phenoxy) is 7. The second-order valence-electron chi connectivity index (χ2n) is 32.5. The number of nitrogens with two attached hydrogens (primary N) is 2. The van der Waals surface area contributed by atoms with Crippen LogP contribution in [0.4, 0.5) is 0 Å². The van der Waals surface area contributed by atoms with Gasteiger partial charge in [0.1, 0.15) is 83.1 Å². The number of rotatable bonds is 28. The summed E-state index contributed by atoms with van der Waals surface area (Å²) in [6, 6.07) is 10.7. The first-order valence-electron chi connectivity index (χ1n) is 41.0. The minimum Gasteiger partial charge on any atom is -0.507 e. The molecule has 7 aliphatic heterocycles. The van der Waals surface area contributed by atoms with E-state index in [-0.39, 0.29) is 76.3 Å². The first-order valence-corrected chi connectivity index (χ1v) is 43.2. The summed E-state index contributed by atoms with van der Waals surface area (Å²) in [5, 5.41) is 131. The Hall–Kier alpha value is -9.87. The Kier molecular flexibility index (Phi) is 31.4. The molecule has 0 saturated carbocycles. The predicted molar refractivity (Wildman–Crippen MR) is 445 cm³/mol. The lowest BCUT2D eigenvalue weighted by molar-refractivity contribution is -0.333. The van der Waals surface area contributed by atoms with E-state index in [0.717, 1.165) is 73.9 Å². The average Bonchev–Trinajstić information content (AvgIpc) is 0.814. The number of nitrogens with one attached hydrogen (secondary N) is 6. The normalized spacial score (nSPS) is 26.4. The summed E-state index contributed by atoms with van der Waals surface area (Å²) in [6.07, 6.45) is -16.1. The van der Waals surface area contributed by atoms with Crippen LogP contribution >= 0.6 is 23.2 Å². The van der Waals surface area contributed by atoms with E-state index in [4.69, 9.17) is 67.8 Å². The first kappa shape index (κ1) is 94.8. The molecule has 20 N–H and O–H groups in total. The minimum atomic E-state index is -3.90. The number of carbonyl (C=O) groups excluding carboxylic acids is 7. The molecule has 0 unspecified atom stereocenters. The fourth-order valence-electron chi connectivity index (χ4n) is 15.8. The molecule has 38 heteroatoms. The van der Waals surface area contributed by atoms with Crippen LogP contribution in [0.5, 0.6) is 51.7 Å². The van der Waals surface area contributed by atoms with Gasteiger partial charge in [-0.05, 0) is 160 Å². The maximum Gasteiger partial charge on any atom is 0.330 e. The van der Waals surface area contributed by atoms with E-state index in [1.807, 2.05) is 13.8 Å². The van der Waals surface area contributed by atoms with Crippen molar-refractivity contribution in [1.29, 1.82) is 0 Å². The summed E-state index contributed by atoms with van der Waals surface area (Å²) in [5.41, 5.74) is 8.06. The van der Waals surface area contributed by atoms with Crippen molar-refractivity contribution in [2.24, 2.45) is 29.2 Å². The van der Waals surface area contributed by atoms with Gasteiger partial charge in [-0.25, -0.2) is 17.9 Å². The van der Waals surface area contributed by atoms with Crippen LogP contribution in [0.3, 0.4) is 0 Å². The highest BCUT2D eigenvalue weighted by molar-refractivity contribution is 7.89. The molecule has 6 aromatic carbocycles. The number of halogens is 2. The third-order valence-electron chi connectivity index (χ3n) is 22.7. The number of phenolic OH excluding ortho intramolecular Hbond substituents is 3. The lowest BCUT2D eigenvalue weighted by Gasteiger charge is -2.47. The number of aliphatic hydroxyl groups is 6. The second-order valence-corrected chi connectivity index (χ2v) is 35.1. The van der Waals surface area contributed by atoms with Crippen molar-refractivity contribution < 1.29 is 131 Å². The standard InChI is InChI=1S/C86H106Cl2N8O27S/c1-7-9-13-26-117-48-17-19-49(20-18-48)124(115,116)92-25-12-10-11-24-91-38-53-57(99)36-52-67(74(53)105)51-28-43(14-21-56(51)98)50-35-59(101)68-46-32-62(119-60-22-15-44(29-54(60)87)72(103)70(95-80(109)42(8-2)27-40(3)4)58(100)31-47(34-65(89)102)81(110)93-68)77(123-85-78(76(107)75(106)64(39-97)121-85)122-66-37-86(6,90)79(108)41(5)118-66)63(33-46)120-61-23-16-45(30-55(61)88)73(104)71(96-82(50)111)83(112)94-69(52)84(113)114/h14-23,28-30,32-33,36,40-42,47,50,64,66,68-73,75-76,78-79,85,91-92,97-99,103-108H,7-13,24-27,31,34-35,37-39,90H2,1-6H3,(H2,89,102)(H,93,110)(H,94,112)(H,95,109)(H,96,111)(H,113,114)/t41-,42+,47-,50+,64+,66-,68+,69-,70-,71-,72+,73+,75+,76-,78+,79+,85-,86-/m0/s1. The van der Waals surface area contributed by atoms with Crippen LogP contribution in [-0.4, -0.2) is 200 Å². The molecule has 0 aromatic heterocycles. The number of hydrogen-bond acceptors (Lipinski definition) is 28. The molecule has 0 aliphatic carbocycles. The third kappa shape index (κ3) is 22.1. The Bertz CT molecular complexity index is 5050. The van der Waals surface area contributed by atoms with E-state index in [0.29, 0.717) is 38.0 Å². The molecule has 2 fully saturated rings. The molecule has 124 heavy (non-hydrogen) atoms. The lowest BCUT2D eigenvalue weighted by Crippen LogP contribution is -2.64. The number of aliphatic hydroxyl groups excluding tert-OH is 6. The van der Waals surface area contributed by atoms with Crippen LogP contribution in [0, 0.1) is 17.8 Å². The van der Waals surface area contributed by atoms with Crippen LogP contribution in [-0.2, 0) is 69.1 Å². The number of hydrogen-bond donors (Lipinski definition) is 18. The second kappa shape index (κ2) is 41.1. The van der Waals surface area contributed by atoms with Crippen LogP contribution in [0.25, 0.3) is 11.1 Å². The Morgan fingerprint density at radius 3 is 1.98 bits per heavy atom. The lowest BCUT2D eigenvalue weighted by atomic mass is 9.84. The van der Waals surface area contributed by atoms with Crippen molar-refractivity contribution in [3.63, 3.8) is 0 Å². The largest absolute Gasteiger partial charge is 0.507 e. The molecule has 11 bridgehead atoms. The van der Waals surface area contributed by atoms with Gasteiger partial charge in [-0.15, -0.1) is 0 Å². The molecule has 35 nitrogen and oxygen atoms in total. The molecule has 13 rings (SSSR count). The Morgan fingerprint density at radius 1 is 0.718 bits per heavy atom. The van der Waals surface area contributed by atoms with E-state index in [1.54, 1.807) is 19.1 Å². The number of aromatic hydroxyl groups is 3. The number of carboxylic acids is 1. The Balaban J connectivity index is 1.05. The average molecular weight is 1790 g/mol. The predicted octanol–water partition coefficient (Wildman–Crippen LogP) is 6.33. The van der Waals surface area contributed by atoms with Gasteiger partial charge in [0.05, 0.1) is 57.8 Å². The summed E-state index contributed by atoms with van der Waals surface area (Å²) in [4.78, 5) is 120. The molecule has 7 aliphatic rings. The number of ketones is 2. The Labute approximate surface area is 724 Å². The first-order chi connectivity index (χ1) is 58.8. The van der Waals surface area contributed by atoms with Crippen molar-refractivity contribution in [2.75, 3.05) is 26.3 Å². The van der Waals surface area contributed by atoms with Gasteiger partial charge in [-0.2, -0.15) is 0 Å². The fourth-order valence-corrected chi connectivity index (χ4v) is 17.3. The number of carbonyl (C=O) groups is 8. The molecule has 5 amide bonds. The number of benzene rings is 6. The zero-order valence-electron chi connectivity index (χ0n) is 68.9. The number of amides is 5. The van der Waals surface area contributed by atoms with Crippen molar-refractivity contribution in [2.45, 2.75) is 227 Å². The van der Waals surface area contributed by atoms with E-state index in [9.17, 15) is 73.9 Å². The molecule has 18 atom stereocenters. The molecule has 672 valence electrons. The van der Waals surface area contributed by atoms with Crippen LogP contribution in [0.1, 0.15) is 182 Å². The summed E-state index contributed by atoms with van der Waals surface area (Å²) in [5.74, 6) is -19.0. The molecular weight excluding hydrogens is 1680 g/mol. The number of Topliss-reactive ketones (excluding diaryl/α,β-unsaturated/α-hetero) is 2. The quantitative estimate of drug-likeness (QED) is 0.0239. The topological polar surface area (TPSA) is 562 Å². The molecule has 2 saturated heterocycles. The van der Waals surface area contributed by atoms with Gasteiger partial charge in [-0.1, -0.05) is 88.4 Å². The van der Waals surface area contributed by atoms with Gasteiger partial charge in [0.2, 0.25) is 51.6 Å². The van der Waals surface area contributed by atoms with Crippen LogP contribution < -0.4 is 61.7 Å². The zero-order chi connectivity index (χ0) is 90.1. The van der Waals surface area contributed by atoms with Crippen molar-refractivity contribution in [3.8, 4) is 62.9 Å². The molecule has 0 spiro atoms. The highest BCUT2D eigenvalue weighted by Crippen LogP contribution is 2.51. The highest BCUT2D eigenvalue weighted by atomic mass is 35.5.